The van der Waals surface area contributed by atoms with Gasteiger partial charge in [-0.3, -0.25) is 4.79 Å². The van der Waals surface area contributed by atoms with Crippen LogP contribution in [0.25, 0.3) is 30.9 Å². The Hall–Kier alpha value is -2.98. The van der Waals surface area contributed by atoms with E-state index >= 15 is 0 Å². The molecule has 0 amide bonds. The quantitative estimate of drug-likeness (QED) is 0.176. The molecule has 0 fully saturated rings. The van der Waals surface area contributed by atoms with Gasteiger partial charge in [0.2, 0.25) is 0 Å². The van der Waals surface area contributed by atoms with E-state index in [1.807, 2.05) is 42.5 Å². The molecule has 3 aromatic carbocycles. The van der Waals surface area contributed by atoms with Crippen molar-refractivity contribution in [2.24, 2.45) is 0 Å². The standard InChI is InChI=1S/C20H12O3S/c1-2-18(21)23-13-8-10-16-15(11-13)20(22)19-14-6-4-3-5-12(14)7-9-17(19)24-16/h2-11H,1H2. The molecule has 24 heavy (non-hydrogen) atoms. The van der Waals surface area contributed by atoms with Crippen LogP contribution in [0.4, 0.5) is 0 Å². The second kappa shape index (κ2) is 5.58. The minimum Gasteiger partial charge on any atom is -0.423 e. The summed E-state index contributed by atoms with van der Waals surface area (Å²) >= 11 is 1.55. The van der Waals surface area contributed by atoms with E-state index in [1.165, 1.54) is 0 Å². The number of carbonyl (C=O) groups excluding carboxylic acids is 1. The van der Waals surface area contributed by atoms with Gasteiger partial charge in [-0.05, 0) is 35.0 Å². The number of rotatable bonds is 2. The lowest BCUT2D eigenvalue weighted by Crippen LogP contribution is -2.05. The van der Waals surface area contributed by atoms with Crippen molar-refractivity contribution >= 4 is 48.3 Å². The third kappa shape index (κ3) is 2.28. The maximum atomic E-state index is 13.1. The van der Waals surface area contributed by atoms with Gasteiger partial charge in [0.1, 0.15) is 5.75 Å². The molecule has 0 aliphatic heterocycles. The number of carbonyl (C=O) groups is 1. The number of fused-ring (bicyclic) bond motifs is 4. The molecule has 0 saturated heterocycles. The largest absolute Gasteiger partial charge is 0.423 e. The molecule has 0 bridgehead atoms. The minimum atomic E-state index is -0.545. The fraction of sp³-hybridized carbons (Fsp3) is 0. The molecule has 0 unspecified atom stereocenters. The predicted octanol–water partition coefficient (Wildman–Crippen LogP) is 4.66. The van der Waals surface area contributed by atoms with Crippen molar-refractivity contribution in [1.29, 1.82) is 0 Å². The fourth-order valence-corrected chi connectivity index (χ4v) is 3.90. The Morgan fingerprint density at radius 3 is 2.62 bits per heavy atom. The van der Waals surface area contributed by atoms with Crippen LogP contribution < -0.4 is 10.2 Å². The van der Waals surface area contributed by atoms with Crippen LogP contribution in [0.5, 0.6) is 5.75 Å². The highest BCUT2D eigenvalue weighted by Crippen LogP contribution is 2.31. The Morgan fingerprint density at radius 2 is 1.79 bits per heavy atom. The van der Waals surface area contributed by atoms with E-state index in [9.17, 15) is 9.59 Å². The lowest BCUT2D eigenvalue weighted by atomic mass is 10.1. The number of benzene rings is 3. The van der Waals surface area contributed by atoms with Crippen molar-refractivity contribution in [2.45, 2.75) is 0 Å². The SMILES string of the molecule is C=CC(=O)Oc1ccc2sc3ccc4ccccc4c3c(=O)c2c1. The van der Waals surface area contributed by atoms with Crippen LogP contribution >= 0.6 is 11.3 Å². The maximum absolute atomic E-state index is 13.1. The van der Waals surface area contributed by atoms with Gasteiger partial charge in [0.15, 0.2) is 5.43 Å². The van der Waals surface area contributed by atoms with E-state index in [4.69, 9.17) is 4.74 Å². The summed E-state index contributed by atoms with van der Waals surface area (Å²) in [7, 11) is 0. The van der Waals surface area contributed by atoms with Crippen molar-refractivity contribution in [2.75, 3.05) is 0 Å². The molecule has 0 aliphatic rings. The zero-order chi connectivity index (χ0) is 16.7. The van der Waals surface area contributed by atoms with Crippen molar-refractivity contribution in [3.63, 3.8) is 0 Å². The van der Waals surface area contributed by atoms with E-state index < -0.39 is 5.97 Å². The first-order valence-electron chi connectivity index (χ1n) is 7.40. The average Bonchev–Trinajstić information content (AvgIpc) is 2.62. The molecule has 4 rings (SSSR count). The van der Waals surface area contributed by atoms with Crippen molar-refractivity contribution in [3.8, 4) is 5.75 Å². The van der Waals surface area contributed by atoms with Gasteiger partial charge in [-0.2, -0.15) is 0 Å². The first kappa shape index (κ1) is 14.6. The maximum Gasteiger partial charge on any atom is 0.335 e. The topological polar surface area (TPSA) is 43.4 Å². The molecular formula is C20H12O3S. The van der Waals surface area contributed by atoms with E-state index in [1.54, 1.807) is 23.5 Å². The van der Waals surface area contributed by atoms with Gasteiger partial charge in [-0.1, -0.05) is 36.9 Å². The van der Waals surface area contributed by atoms with Gasteiger partial charge >= 0.3 is 5.97 Å². The molecule has 1 heterocycles. The van der Waals surface area contributed by atoms with Crippen LogP contribution in [0.15, 0.2) is 72.0 Å². The fourth-order valence-electron chi connectivity index (χ4n) is 2.82. The summed E-state index contributed by atoms with van der Waals surface area (Å²) in [5, 5.41) is 3.23. The Balaban J connectivity index is 2.07. The third-order valence-corrected chi connectivity index (χ3v) is 5.05. The molecule has 3 nitrogen and oxygen atoms in total. The summed E-state index contributed by atoms with van der Waals surface area (Å²) in [6.07, 6.45) is 1.10. The van der Waals surface area contributed by atoms with Gasteiger partial charge in [0, 0.05) is 26.2 Å². The van der Waals surface area contributed by atoms with Gasteiger partial charge in [0.25, 0.3) is 0 Å². The van der Waals surface area contributed by atoms with Crippen molar-refractivity contribution in [3.05, 3.63) is 77.5 Å². The van der Waals surface area contributed by atoms with Crippen LogP contribution in [0.1, 0.15) is 0 Å². The molecule has 0 saturated carbocycles. The number of ether oxygens (including phenoxy) is 1. The molecule has 1 aromatic heterocycles. The molecule has 116 valence electrons. The zero-order valence-corrected chi connectivity index (χ0v) is 13.4. The molecule has 0 aliphatic carbocycles. The Bertz CT molecular complexity index is 1190. The number of esters is 1. The Labute approximate surface area is 141 Å². The monoisotopic (exact) mass is 332 g/mol. The van der Waals surface area contributed by atoms with E-state index in [2.05, 4.69) is 6.58 Å². The smallest absolute Gasteiger partial charge is 0.335 e. The van der Waals surface area contributed by atoms with E-state index in [-0.39, 0.29) is 5.43 Å². The van der Waals surface area contributed by atoms with Crippen molar-refractivity contribution < 1.29 is 9.53 Å². The highest BCUT2D eigenvalue weighted by atomic mass is 32.1. The zero-order valence-electron chi connectivity index (χ0n) is 12.6. The van der Waals surface area contributed by atoms with Gasteiger partial charge in [-0.15, -0.1) is 11.3 Å². The number of hydrogen-bond acceptors (Lipinski definition) is 4. The van der Waals surface area contributed by atoms with E-state index in [0.29, 0.717) is 16.5 Å². The van der Waals surface area contributed by atoms with Crippen LogP contribution in [0.2, 0.25) is 0 Å². The van der Waals surface area contributed by atoms with E-state index in [0.717, 1.165) is 26.2 Å². The van der Waals surface area contributed by atoms with Gasteiger partial charge in [-0.25, -0.2) is 4.79 Å². The van der Waals surface area contributed by atoms with Gasteiger partial charge < -0.3 is 4.74 Å². The molecule has 0 N–H and O–H groups in total. The first-order valence-corrected chi connectivity index (χ1v) is 8.21. The average molecular weight is 332 g/mol. The summed E-state index contributed by atoms with van der Waals surface area (Å²) in [6.45, 7) is 3.38. The van der Waals surface area contributed by atoms with Gasteiger partial charge in [0.05, 0.1) is 0 Å². The number of hydrogen-bond donors (Lipinski definition) is 0. The summed E-state index contributed by atoms with van der Waals surface area (Å²) < 4.78 is 6.94. The Kier molecular flexibility index (Phi) is 3.40. The van der Waals surface area contributed by atoms with Crippen LogP contribution in [-0.2, 0) is 4.79 Å². The summed E-state index contributed by atoms with van der Waals surface area (Å²) in [4.78, 5) is 24.4. The lowest BCUT2D eigenvalue weighted by molar-refractivity contribution is -0.128. The van der Waals surface area contributed by atoms with Crippen molar-refractivity contribution in [1.82, 2.24) is 0 Å². The van der Waals surface area contributed by atoms with Crippen LogP contribution in [0.3, 0.4) is 0 Å². The second-order valence-corrected chi connectivity index (χ2v) is 6.46. The molecule has 4 heteroatoms. The third-order valence-electron chi connectivity index (χ3n) is 3.92. The first-order chi connectivity index (χ1) is 11.7. The normalized spacial score (nSPS) is 11.0. The lowest BCUT2D eigenvalue weighted by Gasteiger charge is -2.06. The second-order valence-electron chi connectivity index (χ2n) is 5.37. The summed E-state index contributed by atoms with van der Waals surface area (Å²) in [5.74, 6) is -0.201. The summed E-state index contributed by atoms with van der Waals surface area (Å²) in [6, 6.07) is 17.0. The highest BCUT2D eigenvalue weighted by molar-refractivity contribution is 7.24. The molecular weight excluding hydrogens is 320 g/mol. The van der Waals surface area contributed by atoms with Crippen LogP contribution in [-0.4, -0.2) is 5.97 Å². The minimum absolute atomic E-state index is 0.0490. The molecule has 0 atom stereocenters. The highest BCUT2D eigenvalue weighted by Gasteiger charge is 2.11. The Morgan fingerprint density at radius 1 is 1.00 bits per heavy atom. The predicted molar refractivity (Wildman–Crippen MR) is 98.9 cm³/mol. The van der Waals surface area contributed by atoms with Crippen LogP contribution in [0, 0.1) is 0 Å². The molecule has 0 radical (unpaired) electrons. The summed E-state index contributed by atoms with van der Waals surface area (Å²) in [5.41, 5.74) is -0.0490. The molecule has 0 spiro atoms. The molecule has 4 aromatic rings.